The molecule has 4 nitrogen and oxygen atoms in total. The molecule has 0 aliphatic rings. The lowest BCUT2D eigenvalue weighted by molar-refractivity contribution is 0.0682. The standard InChI is InChI=1S/C14H13F2NO3/c1-6(2)17-11-5-10(16)9(15)4-8(11)13(18)7(3)12(17)14(19)20/h4-6H,1-3H3,(H,19,20). The molecule has 0 fully saturated rings. The molecule has 0 amide bonds. The molecule has 0 spiro atoms. The number of rotatable bonds is 2. The maximum Gasteiger partial charge on any atom is 0.352 e. The Morgan fingerprint density at radius 3 is 2.30 bits per heavy atom. The number of halogens is 2. The van der Waals surface area contributed by atoms with Gasteiger partial charge in [-0.05, 0) is 26.8 Å². The first-order valence-corrected chi connectivity index (χ1v) is 6.02. The summed E-state index contributed by atoms with van der Waals surface area (Å²) in [5, 5.41) is 9.25. The van der Waals surface area contributed by atoms with Gasteiger partial charge in [0.05, 0.1) is 5.52 Å². The number of carbonyl (C=O) groups is 1. The predicted molar refractivity (Wildman–Crippen MR) is 70.2 cm³/mol. The Morgan fingerprint density at radius 1 is 1.25 bits per heavy atom. The van der Waals surface area contributed by atoms with Crippen LogP contribution in [0.4, 0.5) is 8.78 Å². The molecule has 20 heavy (non-hydrogen) atoms. The van der Waals surface area contributed by atoms with Gasteiger partial charge in [0.1, 0.15) is 5.69 Å². The van der Waals surface area contributed by atoms with E-state index in [4.69, 9.17) is 0 Å². The predicted octanol–water partition coefficient (Wildman–Crippen LogP) is 2.87. The first-order chi connectivity index (χ1) is 9.25. The molecule has 0 radical (unpaired) electrons. The molecule has 0 bridgehead atoms. The second kappa shape index (κ2) is 4.70. The normalized spacial score (nSPS) is 11.3. The van der Waals surface area contributed by atoms with Crippen molar-refractivity contribution in [2.24, 2.45) is 0 Å². The van der Waals surface area contributed by atoms with E-state index in [-0.39, 0.29) is 28.2 Å². The Labute approximate surface area is 113 Å². The number of pyridine rings is 1. The monoisotopic (exact) mass is 281 g/mol. The van der Waals surface area contributed by atoms with Crippen LogP contribution in [0.3, 0.4) is 0 Å². The van der Waals surface area contributed by atoms with Crippen LogP contribution in [-0.2, 0) is 0 Å². The minimum absolute atomic E-state index is 0.00436. The molecule has 1 heterocycles. The van der Waals surface area contributed by atoms with Crippen molar-refractivity contribution >= 4 is 16.9 Å². The molecule has 0 saturated carbocycles. The molecule has 0 aliphatic heterocycles. The van der Waals surface area contributed by atoms with Crippen molar-refractivity contribution in [3.8, 4) is 0 Å². The Balaban J connectivity index is 3.13. The topological polar surface area (TPSA) is 59.3 Å². The summed E-state index contributed by atoms with van der Waals surface area (Å²) in [6.07, 6.45) is 0. The van der Waals surface area contributed by atoms with Crippen LogP contribution in [0.5, 0.6) is 0 Å². The van der Waals surface area contributed by atoms with E-state index in [1.54, 1.807) is 13.8 Å². The molecule has 0 saturated heterocycles. The van der Waals surface area contributed by atoms with Gasteiger partial charge in [0.25, 0.3) is 0 Å². The van der Waals surface area contributed by atoms with Gasteiger partial charge in [0.2, 0.25) is 0 Å². The third kappa shape index (κ3) is 1.97. The van der Waals surface area contributed by atoms with Crippen LogP contribution in [0.25, 0.3) is 10.9 Å². The molecule has 1 aromatic carbocycles. The summed E-state index contributed by atoms with van der Waals surface area (Å²) < 4.78 is 28.1. The Morgan fingerprint density at radius 2 is 1.80 bits per heavy atom. The van der Waals surface area contributed by atoms with Crippen LogP contribution in [0.2, 0.25) is 0 Å². The van der Waals surface area contributed by atoms with Crippen molar-refractivity contribution < 1.29 is 18.7 Å². The third-order valence-electron chi connectivity index (χ3n) is 3.20. The number of aromatic nitrogens is 1. The molecular formula is C14H13F2NO3. The van der Waals surface area contributed by atoms with Crippen LogP contribution in [0.1, 0.15) is 35.9 Å². The lowest BCUT2D eigenvalue weighted by Gasteiger charge is -2.20. The van der Waals surface area contributed by atoms with Crippen molar-refractivity contribution in [1.82, 2.24) is 4.57 Å². The number of carboxylic acids is 1. The van der Waals surface area contributed by atoms with Crippen LogP contribution in [-0.4, -0.2) is 15.6 Å². The van der Waals surface area contributed by atoms with E-state index in [9.17, 15) is 23.5 Å². The van der Waals surface area contributed by atoms with Crippen LogP contribution in [0, 0.1) is 18.6 Å². The van der Waals surface area contributed by atoms with Gasteiger partial charge >= 0.3 is 5.97 Å². The number of hydrogen-bond acceptors (Lipinski definition) is 2. The smallest absolute Gasteiger partial charge is 0.352 e. The SMILES string of the molecule is Cc1c(C(=O)O)n(C(C)C)c2cc(F)c(F)cc2c1=O. The number of nitrogens with zero attached hydrogens (tertiary/aromatic N) is 1. The van der Waals surface area contributed by atoms with Gasteiger partial charge < -0.3 is 9.67 Å². The zero-order chi connectivity index (χ0) is 15.2. The van der Waals surface area contributed by atoms with Gasteiger partial charge in [0.15, 0.2) is 17.1 Å². The zero-order valence-corrected chi connectivity index (χ0v) is 11.2. The van der Waals surface area contributed by atoms with Crippen molar-refractivity contribution in [2.75, 3.05) is 0 Å². The molecule has 1 N–H and O–H groups in total. The molecule has 106 valence electrons. The summed E-state index contributed by atoms with van der Waals surface area (Å²) in [6.45, 7) is 4.78. The Hall–Kier alpha value is -2.24. The highest BCUT2D eigenvalue weighted by molar-refractivity contribution is 5.92. The number of hydrogen-bond donors (Lipinski definition) is 1. The highest BCUT2D eigenvalue weighted by Crippen LogP contribution is 2.23. The van der Waals surface area contributed by atoms with Crippen LogP contribution >= 0.6 is 0 Å². The molecule has 0 aliphatic carbocycles. The van der Waals surface area contributed by atoms with Gasteiger partial charge in [-0.15, -0.1) is 0 Å². The number of aromatic carboxylic acids is 1. The number of benzene rings is 1. The fraction of sp³-hybridized carbons (Fsp3) is 0.286. The van der Waals surface area contributed by atoms with Crippen molar-refractivity contribution in [3.05, 3.63) is 45.2 Å². The van der Waals surface area contributed by atoms with E-state index in [0.717, 1.165) is 12.1 Å². The summed E-state index contributed by atoms with van der Waals surface area (Å²) >= 11 is 0. The number of carboxylic acid groups (broad SMARTS) is 1. The molecule has 1 aromatic heterocycles. The van der Waals surface area contributed by atoms with Gasteiger partial charge in [0, 0.05) is 23.1 Å². The van der Waals surface area contributed by atoms with E-state index in [1.165, 1.54) is 11.5 Å². The minimum atomic E-state index is -1.28. The van der Waals surface area contributed by atoms with E-state index in [2.05, 4.69) is 0 Å². The third-order valence-corrected chi connectivity index (χ3v) is 3.20. The molecular weight excluding hydrogens is 268 g/mol. The van der Waals surface area contributed by atoms with Crippen molar-refractivity contribution in [3.63, 3.8) is 0 Å². The highest BCUT2D eigenvalue weighted by Gasteiger charge is 2.22. The Kier molecular flexibility index (Phi) is 3.33. The summed E-state index contributed by atoms with van der Waals surface area (Å²) in [4.78, 5) is 23.5. The minimum Gasteiger partial charge on any atom is -0.477 e. The second-order valence-electron chi connectivity index (χ2n) is 4.86. The van der Waals surface area contributed by atoms with Crippen molar-refractivity contribution in [1.29, 1.82) is 0 Å². The van der Waals surface area contributed by atoms with Gasteiger partial charge in [-0.2, -0.15) is 0 Å². The van der Waals surface area contributed by atoms with E-state index in [1.807, 2.05) is 0 Å². The maximum absolute atomic E-state index is 13.4. The van der Waals surface area contributed by atoms with E-state index in [0.29, 0.717) is 0 Å². The quantitative estimate of drug-likeness (QED) is 0.920. The van der Waals surface area contributed by atoms with Crippen molar-refractivity contribution in [2.45, 2.75) is 26.8 Å². The maximum atomic E-state index is 13.4. The van der Waals surface area contributed by atoms with Crippen LogP contribution in [0.15, 0.2) is 16.9 Å². The first kappa shape index (κ1) is 14.2. The largest absolute Gasteiger partial charge is 0.477 e. The molecule has 2 aromatic rings. The average molecular weight is 281 g/mol. The lowest BCUT2D eigenvalue weighted by atomic mass is 10.1. The fourth-order valence-corrected chi connectivity index (χ4v) is 2.33. The number of fused-ring (bicyclic) bond motifs is 1. The zero-order valence-electron chi connectivity index (χ0n) is 11.2. The summed E-state index contributed by atoms with van der Waals surface area (Å²) in [5.41, 5.74) is -0.728. The lowest BCUT2D eigenvalue weighted by Crippen LogP contribution is -2.23. The second-order valence-corrected chi connectivity index (χ2v) is 4.86. The summed E-state index contributed by atoms with van der Waals surface area (Å²) in [5.74, 6) is -3.53. The highest BCUT2D eigenvalue weighted by atomic mass is 19.2. The molecule has 0 unspecified atom stereocenters. The van der Waals surface area contributed by atoms with Crippen LogP contribution < -0.4 is 5.43 Å². The molecule has 2 rings (SSSR count). The first-order valence-electron chi connectivity index (χ1n) is 6.02. The molecule has 0 atom stereocenters. The average Bonchev–Trinajstić information content (AvgIpc) is 2.35. The van der Waals surface area contributed by atoms with E-state index < -0.39 is 23.0 Å². The van der Waals surface area contributed by atoms with Gasteiger partial charge in [-0.3, -0.25) is 4.79 Å². The van der Waals surface area contributed by atoms with E-state index >= 15 is 0 Å². The fourth-order valence-electron chi connectivity index (χ4n) is 2.33. The van der Waals surface area contributed by atoms with Gasteiger partial charge in [-0.1, -0.05) is 0 Å². The summed E-state index contributed by atoms with van der Waals surface area (Å²) in [6, 6.07) is 1.34. The molecule has 6 heteroatoms. The van der Waals surface area contributed by atoms with Gasteiger partial charge in [-0.25, -0.2) is 13.6 Å². The summed E-state index contributed by atoms with van der Waals surface area (Å²) in [7, 11) is 0. The Bertz CT molecular complexity index is 778.